The van der Waals surface area contributed by atoms with Gasteiger partial charge in [0.2, 0.25) is 17.6 Å². The van der Waals surface area contributed by atoms with Gasteiger partial charge in [-0.2, -0.15) is 4.98 Å². The van der Waals surface area contributed by atoms with E-state index in [9.17, 15) is 4.79 Å². The molecule has 1 amide bonds. The molecule has 2 aromatic carbocycles. The van der Waals surface area contributed by atoms with Crippen molar-refractivity contribution < 1.29 is 9.32 Å². The summed E-state index contributed by atoms with van der Waals surface area (Å²) in [7, 11) is 1.71. The lowest BCUT2D eigenvalue weighted by Crippen LogP contribution is -2.28. The highest BCUT2D eigenvalue weighted by Gasteiger charge is 2.16. The van der Waals surface area contributed by atoms with Crippen molar-refractivity contribution >= 4 is 40.9 Å². The minimum absolute atomic E-state index is 0.0143. The molecule has 0 saturated carbocycles. The Balaban J connectivity index is 1.52. The van der Waals surface area contributed by atoms with Crippen molar-refractivity contribution in [2.24, 2.45) is 0 Å². The van der Waals surface area contributed by atoms with Gasteiger partial charge in [-0.1, -0.05) is 52.6 Å². The number of thioether (sulfide) groups is 1. The van der Waals surface area contributed by atoms with Crippen LogP contribution in [0, 0.1) is 0 Å². The van der Waals surface area contributed by atoms with Crippen LogP contribution in [0.2, 0.25) is 10.0 Å². The Bertz CT molecular complexity index is 933. The molecule has 1 heterocycles. The molecular weight excluding hydrogens is 405 g/mol. The number of hydrogen-bond acceptors (Lipinski definition) is 5. The SMILES string of the molecule is CN(Cc1nc(-c2ccccc2Cl)no1)C(=O)CSCc1cccc(Cl)c1. The molecule has 27 heavy (non-hydrogen) atoms. The predicted octanol–water partition coefficient (Wildman–Crippen LogP) is 4.94. The van der Waals surface area contributed by atoms with Crippen LogP contribution in [0.15, 0.2) is 53.1 Å². The van der Waals surface area contributed by atoms with Crippen molar-refractivity contribution in [2.45, 2.75) is 12.3 Å². The van der Waals surface area contributed by atoms with Gasteiger partial charge in [0.25, 0.3) is 0 Å². The fourth-order valence-electron chi connectivity index (χ4n) is 2.36. The minimum Gasteiger partial charge on any atom is -0.337 e. The third-order valence-corrected chi connectivity index (χ3v) is 5.32. The van der Waals surface area contributed by atoms with Crippen molar-refractivity contribution in [1.82, 2.24) is 15.0 Å². The molecule has 0 spiro atoms. The van der Waals surface area contributed by atoms with Crippen molar-refractivity contribution in [3.63, 3.8) is 0 Å². The number of aromatic nitrogens is 2. The van der Waals surface area contributed by atoms with Crippen molar-refractivity contribution in [3.8, 4) is 11.4 Å². The molecule has 140 valence electrons. The zero-order valence-electron chi connectivity index (χ0n) is 14.6. The van der Waals surface area contributed by atoms with Gasteiger partial charge in [0, 0.05) is 23.4 Å². The highest BCUT2D eigenvalue weighted by Crippen LogP contribution is 2.25. The molecule has 0 aliphatic heterocycles. The second-order valence-electron chi connectivity index (χ2n) is 5.86. The average Bonchev–Trinajstić information content (AvgIpc) is 3.10. The van der Waals surface area contributed by atoms with Gasteiger partial charge in [-0.25, -0.2) is 0 Å². The van der Waals surface area contributed by atoms with E-state index in [1.807, 2.05) is 42.5 Å². The predicted molar refractivity (Wildman–Crippen MR) is 109 cm³/mol. The van der Waals surface area contributed by atoms with E-state index >= 15 is 0 Å². The van der Waals surface area contributed by atoms with Crippen LogP contribution in [0.3, 0.4) is 0 Å². The summed E-state index contributed by atoms with van der Waals surface area (Å²) in [6, 6.07) is 14.9. The number of benzene rings is 2. The summed E-state index contributed by atoms with van der Waals surface area (Å²) in [4.78, 5) is 18.2. The maximum atomic E-state index is 12.3. The first-order valence-corrected chi connectivity index (χ1v) is 10.1. The Morgan fingerprint density at radius 3 is 2.78 bits per heavy atom. The summed E-state index contributed by atoms with van der Waals surface area (Å²) < 4.78 is 5.25. The van der Waals surface area contributed by atoms with Crippen LogP contribution in [0.5, 0.6) is 0 Å². The Hall–Kier alpha value is -2.02. The normalized spacial score (nSPS) is 10.8. The topological polar surface area (TPSA) is 59.2 Å². The zero-order chi connectivity index (χ0) is 19.2. The van der Waals surface area contributed by atoms with Gasteiger partial charge < -0.3 is 9.42 Å². The standard InChI is InChI=1S/C19H17Cl2N3O2S/c1-24(18(25)12-27-11-13-5-4-6-14(20)9-13)10-17-22-19(23-26-17)15-7-2-3-8-16(15)21/h2-9H,10-12H2,1H3. The lowest BCUT2D eigenvalue weighted by atomic mass is 10.2. The molecule has 0 aliphatic carbocycles. The fraction of sp³-hybridized carbons (Fsp3) is 0.211. The molecule has 0 radical (unpaired) electrons. The second-order valence-corrected chi connectivity index (χ2v) is 7.69. The van der Waals surface area contributed by atoms with E-state index < -0.39 is 0 Å². The number of hydrogen-bond donors (Lipinski definition) is 0. The quantitative estimate of drug-likeness (QED) is 0.540. The highest BCUT2D eigenvalue weighted by molar-refractivity contribution is 7.99. The van der Waals surface area contributed by atoms with Gasteiger partial charge in [0.1, 0.15) is 0 Å². The Labute approximate surface area is 171 Å². The lowest BCUT2D eigenvalue weighted by molar-refractivity contribution is -0.127. The lowest BCUT2D eigenvalue weighted by Gasteiger charge is -2.14. The molecule has 3 rings (SSSR count). The van der Waals surface area contributed by atoms with E-state index in [4.69, 9.17) is 27.7 Å². The van der Waals surface area contributed by atoms with Gasteiger partial charge in [-0.3, -0.25) is 4.79 Å². The molecule has 0 bridgehead atoms. The van der Waals surface area contributed by atoms with Gasteiger partial charge >= 0.3 is 0 Å². The molecule has 5 nitrogen and oxygen atoms in total. The summed E-state index contributed by atoms with van der Waals surface area (Å²) in [5.41, 5.74) is 1.78. The summed E-state index contributed by atoms with van der Waals surface area (Å²) in [5, 5.41) is 5.19. The zero-order valence-corrected chi connectivity index (χ0v) is 16.9. The van der Waals surface area contributed by atoms with Gasteiger partial charge in [0.05, 0.1) is 17.3 Å². The summed E-state index contributed by atoms with van der Waals surface area (Å²) in [5.74, 6) is 1.83. The number of carbonyl (C=O) groups excluding carboxylic acids is 1. The first-order chi connectivity index (χ1) is 13.0. The fourth-order valence-corrected chi connectivity index (χ4v) is 3.70. The first kappa shape index (κ1) is 19.7. The maximum Gasteiger partial charge on any atom is 0.246 e. The molecule has 1 aromatic heterocycles. The van der Waals surface area contributed by atoms with Crippen LogP contribution in [-0.4, -0.2) is 33.7 Å². The summed E-state index contributed by atoms with van der Waals surface area (Å²) in [6.07, 6.45) is 0. The number of rotatable bonds is 7. The largest absolute Gasteiger partial charge is 0.337 e. The maximum absolute atomic E-state index is 12.3. The van der Waals surface area contributed by atoms with Gasteiger partial charge in [-0.05, 0) is 29.8 Å². The molecule has 8 heteroatoms. The van der Waals surface area contributed by atoms with Crippen LogP contribution >= 0.6 is 35.0 Å². The molecule has 0 saturated heterocycles. The van der Waals surface area contributed by atoms with Crippen molar-refractivity contribution in [2.75, 3.05) is 12.8 Å². The molecule has 0 fully saturated rings. The van der Waals surface area contributed by atoms with Crippen molar-refractivity contribution in [1.29, 1.82) is 0 Å². The number of amides is 1. The average molecular weight is 422 g/mol. The third-order valence-electron chi connectivity index (χ3n) is 3.76. The molecule has 0 unspecified atom stereocenters. The number of carbonyl (C=O) groups is 1. The summed E-state index contributed by atoms with van der Waals surface area (Å²) >= 11 is 13.6. The molecular formula is C19H17Cl2N3O2S. The number of halogens is 2. The van der Waals surface area contributed by atoms with Crippen LogP contribution < -0.4 is 0 Å². The van der Waals surface area contributed by atoms with Crippen LogP contribution in [0.25, 0.3) is 11.4 Å². The monoisotopic (exact) mass is 421 g/mol. The highest BCUT2D eigenvalue weighted by atomic mass is 35.5. The van der Waals surface area contributed by atoms with E-state index in [-0.39, 0.29) is 12.5 Å². The summed E-state index contributed by atoms with van der Waals surface area (Å²) in [6.45, 7) is 0.244. The Kier molecular flexibility index (Phi) is 6.77. The van der Waals surface area contributed by atoms with Crippen LogP contribution in [0.4, 0.5) is 0 Å². The molecule has 0 N–H and O–H groups in total. The van der Waals surface area contributed by atoms with Crippen LogP contribution in [0.1, 0.15) is 11.5 Å². The Morgan fingerprint density at radius 2 is 2.00 bits per heavy atom. The van der Waals surface area contributed by atoms with Gasteiger partial charge in [0.15, 0.2) is 0 Å². The van der Waals surface area contributed by atoms with E-state index in [0.717, 1.165) is 11.3 Å². The molecule has 0 atom stereocenters. The molecule has 3 aromatic rings. The first-order valence-electron chi connectivity index (χ1n) is 8.16. The smallest absolute Gasteiger partial charge is 0.246 e. The molecule has 0 aliphatic rings. The Morgan fingerprint density at radius 1 is 1.19 bits per heavy atom. The number of nitrogens with zero attached hydrogens (tertiary/aromatic N) is 3. The van der Waals surface area contributed by atoms with Gasteiger partial charge in [-0.15, -0.1) is 11.8 Å². The van der Waals surface area contributed by atoms with Crippen molar-refractivity contribution in [3.05, 3.63) is 70.0 Å². The minimum atomic E-state index is -0.0143. The van der Waals surface area contributed by atoms with E-state index in [2.05, 4.69) is 10.1 Å². The van der Waals surface area contributed by atoms with Crippen LogP contribution in [-0.2, 0) is 17.1 Å². The third kappa shape index (κ3) is 5.48. The van der Waals surface area contributed by atoms with E-state index in [1.54, 1.807) is 18.0 Å². The van der Waals surface area contributed by atoms with E-state index in [0.29, 0.717) is 33.1 Å². The van der Waals surface area contributed by atoms with E-state index in [1.165, 1.54) is 11.8 Å². The second kappa shape index (κ2) is 9.26.